The van der Waals surface area contributed by atoms with Gasteiger partial charge >= 0.3 is 6.03 Å². The number of amides is 3. The fourth-order valence-corrected chi connectivity index (χ4v) is 5.62. The van der Waals surface area contributed by atoms with Crippen molar-refractivity contribution in [2.24, 2.45) is 0 Å². The van der Waals surface area contributed by atoms with Crippen LogP contribution in [0.3, 0.4) is 0 Å². The van der Waals surface area contributed by atoms with Gasteiger partial charge in [-0.05, 0) is 37.7 Å². The molecule has 0 aromatic heterocycles. The maximum Gasteiger partial charge on any atom is 0.328 e. The van der Waals surface area contributed by atoms with Crippen molar-refractivity contribution >= 4 is 11.9 Å². The summed E-state index contributed by atoms with van der Waals surface area (Å²) < 4.78 is 0. The predicted octanol–water partition coefficient (Wildman–Crippen LogP) is 3.17. The van der Waals surface area contributed by atoms with Gasteiger partial charge in [-0.15, -0.1) is 0 Å². The van der Waals surface area contributed by atoms with Crippen molar-refractivity contribution in [3.8, 4) is 0 Å². The lowest BCUT2D eigenvalue weighted by Crippen LogP contribution is -2.44. The van der Waals surface area contributed by atoms with E-state index in [0.717, 1.165) is 37.9 Å². The molecule has 3 heterocycles. The maximum absolute atomic E-state index is 13.2. The summed E-state index contributed by atoms with van der Waals surface area (Å²) in [6.45, 7) is 1.90. The SMILES string of the molecule is O=C1[C@@H]2CC[C@@H](c3ccccc3)N2C(=O)N1C1CCN(C2CCCC2)C1. The molecule has 1 aliphatic carbocycles. The average Bonchev–Trinajstić information content (AvgIpc) is 3.42. The number of imide groups is 1. The lowest BCUT2D eigenvalue weighted by atomic mass is 10.0. The third-order valence-corrected chi connectivity index (χ3v) is 6.92. The topological polar surface area (TPSA) is 43.9 Å². The number of likely N-dealkylation sites (tertiary alicyclic amines) is 1. The van der Waals surface area contributed by atoms with Gasteiger partial charge in [-0.3, -0.25) is 14.6 Å². The number of hydrogen-bond acceptors (Lipinski definition) is 3. The Balaban J connectivity index is 1.34. The van der Waals surface area contributed by atoms with Gasteiger partial charge in [0.2, 0.25) is 0 Å². The van der Waals surface area contributed by atoms with E-state index in [4.69, 9.17) is 0 Å². The van der Waals surface area contributed by atoms with E-state index in [9.17, 15) is 9.59 Å². The molecule has 4 fully saturated rings. The molecule has 1 aromatic carbocycles. The van der Waals surface area contributed by atoms with Crippen LogP contribution in [0.4, 0.5) is 4.79 Å². The standard InChI is InChI=1S/C21H27N3O2/c25-20-19-11-10-18(15-6-2-1-3-7-15)24(19)21(26)23(20)17-12-13-22(14-17)16-8-4-5-9-16/h1-3,6-7,16-19H,4-5,8-14H2/t17?,18-,19-/m0/s1. The second kappa shape index (κ2) is 6.38. The van der Waals surface area contributed by atoms with Crippen LogP contribution < -0.4 is 0 Å². The summed E-state index contributed by atoms with van der Waals surface area (Å²) in [5.41, 5.74) is 1.15. The van der Waals surface area contributed by atoms with E-state index in [1.165, 1.54) is 25.7 Å². The Hall–Kier alpha value is -1.88. The van der Waals surface area contributed by atoms with Crippen molar-refractivity contribution in [1.82, 2.24) is 14.7 Å². The Kier molecular flexibility index (Phi) is 4.00. The van der Waals surface area contributed by atoms with Crippen LogP contribution in [0.1, 0.15) is 56.6 Å². The summed E-state index contributed by atoms with van der Waals surface area (Å²) >= 11 is 0. The zero-order valence-electron chi connectivity index (χ0n) is 15.2. The van der Waals surface area contributed by atoms with Crippen LogP contribution in [0.5, 0.6) is 0 Å². The minimum Gasteiger partial charge on any atom is -0.305 e. The molecule has 5 rings (SSSR count). The first-order valence-corrected chi connectivity index (χ1v) is 10.2. The van der Waals surface area contributed by atoms with Gasteiger partial charge in [-0.25, -0.2) is 4.79 Å². The van der Waals surface area contributed by atoms with E-state index >= 15 is 0 Å². The molecule has 4 aliphatic rings. The van der Waals surface area contributed by atoms with Gasteiger partial charge in [0, 0.05) is 19.1 Å². The molecule has 1 saturated carbocycles. The monoisotopic (exact) mass is 353 g/mol. The minimum atomic E-state index is -0.242. The molecule has 0 N–H and O–H groups in total. The fraction of sp³-hybridized carbons (Fsp3) is 0.619. The van der Waals surface area contributed by atoms with Crippen LogP contribution in [0.15, 0.2) is 30.3 Å². The molecule has 1 aromatic rings. The first kappa shape index (κ1) is 16.3. The Bertz CT molecular complexity index is 700. The molecule has 1 unspecified atom stereocenters. The van der Waals surface area contributed by atoms with Crippen molar-refractivity contribution in [2.75, 3.05) is 13.1 Å². The Morgan fingerprint density at radius 3 is 2.31 bits per heavy atom. The van der Waals surface area contributed by atoms with Gasteiger partial charge in [0.05, 0.1) is 12.1 Å². The highest BCUT2D eigenvalue weighted by molar-refractivity contribution is 6.05. The van der Waals surface area contributed by atoms with E-state index in [-0.39, 0.29) is 30.1 Å². The molecule has 5 nitrogen and oxygen atoms in total. The molecule has 0 spiro atoms. The summed E-state index contributed by atoms with van der Waals surface area (Å²) in [4.78, 5) is 32.3. The highest BCUT2D eigenvalue weighted by Crippen LogP contribution is 2.42. The van der Waals surface area contributed by atoms with Gasteiger partial charge in [-0.1, -0.05) is 43.2 Å². The van der Waals surface area contributed by atoms with Crippen molar-refractivity contribution in [2.45, 2.75) is 69.1 Å². The largest absolute Gasteiger partial charge is 0.328 e. The molecular formula is C21H27N3O2. The first-order chi connectivity index (χ1) is 12.7. The smallest absolute Gasteiger partial charge is 0.305 e. The lowest BCUT2D eigenvalue weighted by Gasteiger charge is -2.27. The molecular weight excluding hydrogens is 326 g/mol. The normalized spacial score (nSPS) is 32.8. The quantitative estimate of drug-likeness (QED) is 0.784. The zero-order valence-corrected chi connectivity index (χ0v) is 15.2. The van der Waals surface area contributed by atoms with Gasteiger partial charge in [-0.2, -0.15) is 0 Å². The van der Waals surface area contributed by atoms with Crippen molar-refractivity contribution < 1.29 is 9.59 Å². The number of fused-ring (bicyclic) bond motifs is 1. The number of nitrogens with zero attached hydrogens (tertiary/aromatic N) is 3. The van der Waals surface area contributed by atoms with Gasteiger partial charge in [0.1, 0.15) is 6.04 Å². The van der Waals surface area contributed by atoms with Crippen LogP contribution in [-0.2, 0) is 4.79 Å². The van der Waals surface area contributed by atoms with Crippen LogP contribution in [-0.4, -0.2) is 57.9 Å². The highest BCUT2D eigenvalue weighted by Gasteiger charge is 2.54. The molecule has 0 bridgehead atoms. The number of benzene rings is 1. The number of urea groups is 1. The van der Waals surface area contributed by atoms with Crippen LogP contribution in [0.2, 0.25) is 0 Å². The second-order valence-electron chi connectivity index (χ2n) is 8.29. The summed E-state index contributed by atoms with van der Waals surface area (Å²) in [6, 6.07) is 10.7. The van der Waals surface area contributed by atoms with E-state index < -0.39 is 0 Å². The van der Waals surface area contributed by atoms with Crippen LogP contribution in [0.25, 0.3) is 0 Å². The van der Waals surface area contributed by atoms with E-state index in [1.807, 2.05) is 23.1 Å². The third kappa shape index (κ3) is 2.48. The molecule has 3 amide bonds. The number of carbonyl (C=O) groups is 2. The lowest BCUT2D eigenvalue weighted by molar-refractivity contribution is -0.129. The minimum absolute atomic E-state index is 0.0479. The third-order valence-electron chi connectivity index (χ3n) is 6.92. The van der Waals surface area contributed by atoms with Gasteiger partial charge in [0.25, 0.3) is 5.91 Å². The molecule has 138 valence electrons. The molecule has 3 atom stereocenters. The van der Waals surface area contributed by atoms with Crippen molar-refractivity contribution in [3.05, 3.63) is 35.9 Å². The molecule has 5 heteroatoms. The molecule has 0 radical (unpaired) electrons. The number of rotatable bonds is 3. The van der Waals surface area contributed by atoms with E-state index in [0.29, 0.717) is 6.04 Å². The number of hydrogen-bond donors (Lipinski definition) is 0. The average molecular weight is 353 g/mol. The van der Waals surface area contributed by atoms with Gasteiger partial charge < -0.3 is 4.90 Å². The second-order valence-corrected chi connectivity index (χ2v) is 8.29. The molecule has 26 heavy (non-hydrogen) atoms. The summed E-state index contributed by atoms with van der Waals surface area (Å²) in [5, 5.41) is 0. The van der Waals surface area contributed by atoms with E-state index in [1.54, 1.807) is 4.90 Å². The summed E-state index contributed by atoms with van der Waals surface area (Å²) in [5.74, 6) is 0.0479. The Morgan fingerprint density at radius 2 is 1.54 bits per heavy atom. The predicted molar refractivity (Wildman–Crippen MR) is 98.5 cm³/mol. The maximum atomic E-state index is 13.2. The van der Waals surface area contributed by atoms with Crippen molar-refractivity contribution in [1.29, 1.82) is 0 Å². The number of carbonyl (C=O) groups excluding carboxylic acids is 2. The van der Waals surface area contributed by atoms with Crippen molar-refractivity contribution in [3.63, 3.8) is 0 Å². The Labute approximate surface area is 154 Å². The molecule has 3 saturated heterocycles. The van der Waals surface area contributed by atoms with Crippen LogP contribution >= 0.6 is 0 Å². The highest BCUT2D eigenvalue weighted by atomic mass is 16.2. The molecule has 3 aliphatic heterocycles. The fourth-order valence-electron chi connectivity index (χ4n) is 5.62. The van der Waals surface area contributed by atoms with E-state index in [2.05, 4.69) is 17.0 Å². The zero-order chi connectivity index (χ0) is 17.7. The summed E-state index contributed by atoms with van der Waals surface area (Å²) in [7, 11) is 0. The van der Waals surface area contributed by atoms with Crippen LogP contribution in [0, 0.1) is 0 Å². The Morgan fingerprint density at radius 1 is 0.808 bits per heavy atom. The summed E-state index contributed by atoms with van der Waals surface area (Å²) in [6.07, 6.45) is 7.81. The van der Waals surface area contributed by atoms with Gasteiger partial charge in [0.15, 0.2) is 0 Å². The first-order valence-electron chi connectivity index (χ1n) is 10.2.